The highest BCUT2D eigenvalue weighted by atomic mass is 16.5. The quantitative estimate of drug-likeness (QED) is 0.827. The zero-order valence-electron chi connectivity index (χ0n) is 11.1. The Bertz CT molecular complexity index is 410. The summed E-state index contributed by atoms with van der Waals surface area (Å²) in [6, 6.07) is 0.622. The minimum Gasteiger partial charge on any atom is -0.375 e. The molecule has 0 bridgehead atoms. The van der Waals surface area contributed by atoms with E-state index in [0.29, 0.717) is 12.6 Å². The van der Waals surface area contributed by atoms with Crippen LogP contribution in [-0.2, 0) is 16.0 Å². The molecular formula is C13H21N3O2. The molecule has 1 aromatic rings. The molecule has 1 N–H and O–H groups in total. The molecule has 1 fully saturated rings. The van der Waals surface area contributed by atoms with Crippen LogP contribution in [0, 0.1) is 6.92 Å². The Balaban J connectivity index is 1.87. The molecule has 0 spiro atoms. The molecule has 1 aliphatic rings. The number of imidazole rings is 1. The number of methoxy groups -OCH3 is 1. The Morgan fingerprint density at radius 3 is 3.00 bits per heavy atom. The normalized spacial score (nSPS) is 15.4. The summed E-state index contributed by atoms with van der Waals surface area (Å²) in [6.45, 7) is 2.83. The van der Waals surface area contributed by atoms with Crippen LogP contribution in [0.3, 0.4) is 0 Å². The zero-order valence-corrected chi connectivity index (χ0v) is 11.1. The molecule has 1 heterocycles. The van der Waals surface area contributed by atoms with Gasteiger partial charge >= 0.3 is 0 Å². The first-order chi connectivity index (χ1) is 8.72. The molecule has 0 unspecified atom stereocenters. The van der Waals surface area contributed by atoms with Crippen LogP contribution in [0.15, 0.2) is 6.20 Å². The van der Waals surface area contributed by atoms with E-state index >= 15 is 0 Å². The molecule has 0 saturated heterocycles. The average molecular weight is 251 g/mol. The van der Waals surface area contributed by atoms with E-state index in [1.807, 2.05) is 6.20 Å². The van der Waals surface area contributed by atoms with Crippen molar-refractivity contribution >= 4 is 5.91 Å². The molecule has 0 radical (unpaired) electrons. The monoisotopic (exact) mass is 251 g/mol. The number of amides is 1. The molecule has 1 aromatic heterocycles. The first kappa shape index (κ1) is 13.1. The van der Waals surface area contributed by atoms with Crippen molar-refractivity contribution in [1.29, 1.82) is 0 Å². The first-order valence-electron chi connectivity index (χ1n) is 6.50. The van der Waals surface area contributed by atoms with Crippen molar-refractivity contribution in [3.05, 3.63) is 17.7 Å². The SMILES string of the molecule is COCC(=O)NCCc1ncc(C)n1C1CCC1. The minimum absolute atomic E-state index is 0.0732. The first-order valence-corrected chi connectivity index (χ1v) is 6.50. The van der Waals surface area contributed by atoms with Gasteiger partial charge in [-0.25, -0.2) is 4.98 Å². The van der Waals surface area contributed by atoms with Crippen molar-refractivity contribution in [2.45, 2.75) is 38.6 Å². The van der Waals surface area contributed by atoms with Gasteiger partial charge in [-0.3, -0.25) is 4.79 Å². The number of nitrogens with one attached hydrogen (secondary N) is 1. The van der Waals surface area contributed by atoms with E-state index in [1.54, 1.807) is 0 Å². The van der Waals surface area contributed by atoms with E-state index in [-0.39, 0.29) is 12.5 Å². The standard InChI is InChI=1S/C13H21N3O2/c1-10-8-15-12(16(10)11-4-3-5-11)6-7-14-13(17)9-18-2/h8,11H,3-7,9H2,1-2H3,(H,14,17). The van der Waals surface area contributed by atoms with Crippen molar-refractivity contribution in [1.82, 2.24) is 14.9 Å². The summed E-state index contributed by atoms with van der Waals surface area (Å²) in [6.07, 6.45) is 6.51. The molecule has 0 atom stereocenters. The van der Waals surface area contributed by atoms with Crippen molar-refractivity contribution in [3.8, 4) is 0 Å². The second-order valence-electron chi connectivity index (χ2n) is 4.80. The number of nitrogens with zero attached hydrogens (tertiary/aromatic N) is 2. The lowest BCUT2D eigenvalue weighted by Crippen LogP contribution is -2.30. The van der Waals surface area contributed by atoms with Crippen LogP contribution < -0.4 is 5.32 Å². The molecule has 5 heteroatoms. The summed E-state index contributed by atoms with van der Waals surface area (Å²) < 4.78 is 7.09. The fraction of sp³-hybridized carbons (Fsp3) is 0.692. The molecule has 1 amide bonds. The number of carbonyl (C=O) groups excluding carboxylic acids is 1. The van der Waals surface area contributed by atoms with Gasteiger partial charge in [0, 0.05) is 38.0 Å². The Hall–Kier alpha value is -1.36. The van der Waals surface area contributed by atoms with Gasteiger partial charge in [-0.1, -0.05) is 0 Å². The van der Waals surface area contributed by atoms with Crippen LogP contribution in [0.1, 0.15) is 36.8 Å². The lowest BCUT2D eigenvalue weighted by molar-refractivity contribution is -0.124. The van der Waals surface area contributed by atoms with Crippen LogP contribution >= 0.6 is 0 Å². The average Bonchev–Trinajstić information content (AvgIpc) is 2.60. The van der Waals surface area contributed by atoms with Gasteiger partial charge in [0.15, 0.2) is 0 Å². The molecular weight excluding hydrogens is 230 g/mol. The lowest BCUT2D eigenvalue weighted by atomic mass is 9.92. The molecule has 1 aliphatic carbocycles. The highest BCUT2D eigenvalue weighted by Crippen LogP contribution is 2.33. The Morgan fingerprint density at radius 2 is 2.39 bits per heavy atom. The molecule has 18 heavy (non-hydrogen) atoms. The van der Waals surface area contributed by atoms with Crippen molar-refractivity contribution in [2.24, 2.45) is 0 Å². The number of rotatable bonds is 6. The Morgan fingerprint density at radius 1 is 1.61 bits per heavy atom. The predicted octanol–water partition coefficient (Wildman–Crippen LogP) is 1.22. The van der Waals surface area contributed by atoms with Crippen LogP contribution in [0.4, 0.5) is 0 Å². The lowest BCUT2D eigenvalue weighted by Gasteiger charge is -2.29. The van der Waals surface area contributed by atoms with E-state index in [9.17, 15) is 4.79 Å². The van der Waals surface area contributed by atoms with Crippen molar-refractivity contribution < 1.29 is 9.53 Å². The topological polar surface area (TPSA) is 56.1 Å². The third-order valence-corrected chi connectivity index (χ3v) is 3.44. The van der Waals surface area contributed by atoms with Gasteiger partial charge in [0.2, 0.25) is 5.91 Å². The summed E-state index contributed by atoms with van der Waals surface area (Å²) in [5, 5.41) is 2.83. The van der Waals surface area contributed by atoms with Crippen LogP contribution in [0.2, 0.25) is 0 Å². The molecule has 1 saturated carbocycles. The van der Waals surface area contributed by atoms with Gasteiger partial charge in [0.05, 0.1) is 0 Å². The smallest absolute Gasteiger partial charge is 0.245 e. The maximum atomic E-state index is 11.3. The predicted molar refractivity (Wildman–Crippen MR) is 68.4 cm³/mol. The number of hydrogen-bond acceptors (Lipinski definition) is 3. The van der Waals surface area contributed by atoms with E-state index < -0.39 is 0 Å². The molecule has 5 nitrogen and oxygen atoms in total. The second-order valence-corrected chi connectivity index (χ2v) is 4.80. The summed E-state index contributed by atoms with van der Waals surface area (Å²) in [5.41, 5.74) is 1.22. The maximum Gasteiger partial charge on any atom is 0.245 e. The van der Waals surface area contributed by atoms with Crippen LogP contribution in [0.5, 0.6) is 0 Å². The summed E-state index contributed by atoms with van der Waals surface area (Å²) >= 11 is 0. The number of ether oxygens (including phenoxy) is 1. The molecule has 100 valence electrons. The van der Waals surface area contributed by atoms with Gasteiger partial charge in [-0.15, -0.1) is 0 Å². The van der Waals surface area contributed by atoms with Crippen molar-refractivity contribution in [2.75, 3.05) is 20.3 Å². The van der Waals surface area contributed by atoms with Crippen molar-refractivity contribution in [3.63, 3.8) is 0 Å². The fourth-order valence-electron chi connectivity index (χ4n) is 2.32. The highest BCUT2D eigenvalue weighted by Gasteiger charge is 2.23. The van der Waals surface area contributed by atoms with Crippen LogP contribution in [-0.4, -0.2) is 35.7 Å². The summed E-state index contributed by atoms with van der Waals surface area (Å²) in [7, 11) is 1.52. The third-order valence-electron chi connectivity index (χ3n) is 3.44. The molecule has 0 aliphatic heterocycles. The van der Waals surface area contributed by atoms with Gasteiger partial charge in [-0.05, 0) is 26.2 Å². The van der Waals surface area contributed by atoms with Gasteiger partial charge in [-0.2, -0.15) is 0 Å². The highest BCUT2D eigenvalue weighted by molar-refractivity contribution is 5.77. The number of hydrogen-bond donors (Lipinski definition) is 1. The number of aromatic nitrogens is 2. The van der Waals surface area contributed by atoms with Gasteiger partial charge in [0.1, 0.15) is 12.4 Å². The minimum atomic E-state index is -0.0732. The van der Waals surface area contributed by atoms with Gasteiger partial charge < -0.3 is 14.6 Å². The van der Waals surface area contributed by atoms with Gasteiger partial charge in [0.25, 0.3) is 0 Å². The fourth-order valence-corrected chi connectivity index (χ4v) is 2.32. The molecule has 0 aromatic carbocycles. The third kappa shape index (κ3) is 2.90. The van der Waals surface area contributed by atoms with E-state index in [0.717, 1.165) is 12.2 Å². The van der Waals surface area contributed by atoms with E-state index in [4.69, 9.17) is 4.74 Å². The Kier molecular flexibility index (Phi) is 4.36. The van der Waals surface area contributed by atoms with E-state index in [2.05, 4.69) is 21.8 Å². The summed E-state index contributed by atoms with van der Waals surface area (Å²) in [4.78, 5) is 15.7. The Labute approximate surface area is 108 Å². The zero-order chi connectivity index (χ0) is 13.0. The number of aryl methyl sites for hydroxylation is 1. The summed E-state index contributed by atoms with van der Waals surface area (Å²) in [5.74, 6) is 1.01. The number of carbonyl (C=O) groups is 1. The van der Waals surface area contributed by atoms with E-state index in [1.165, 1.54) is 32.1 Å². The maximum absolute atomic E-state index is 11.3. The van der Waals surface area contributed by atoms with Crippen LogP contribution in [0.25, 0.3) is 0 Å². The molecule has 2 rings (SSSR count). The largest absolute Gasteiger partial charge is 0.375 e. The second kappa shape index (κ2) is 6.00.